The standard InChI is InChI=1S/C18H23NO4/c1-11-17(14-9-13(22-2)7-8-16(14)23-11)18(21)19-15-6-4-3-5-12(15)10-20/h7-9,12,15,20H,3-6,10H2,1-2H3,(H,19,21). The van der Waals surface area contributed by atoms with Crippen LogP contribution in [0, 0.1) is 12.8 Å². The van der Waals surface area contributed by atoms with Crippen molar-refractivity contribution in [3.05, 3.63) is 29.5 Å². The highest BCUT2D eigenvalue weighted by atomic mass is 16.5. The molecule has 2 aromatic rings. The van der Waals surface area contributed by atoms with E-state index >= 15 is 0 Å². The zero-order valence-electron chi connectivity index (χ0n) is 13.6. The molecule has 1 aliphatic rings. The molecule has 0 radical (unpaired) electrons. The topological polar surface area (TPSA) is 71.7 Å². The van der Waals surface area contributed by atoms with Crippen molar-refractivity contribution in [2.75, 3.05) is 13.7 Å². The minimum absolute atomic E-state index is 0.0243. The summed E-state index contributed by atoms with van der Waals surface area (Å²) in [4.78, 5) is 12.8. The van der Waals surface area contributed by atoms with E-state index in [0.29, 0.717) is 22.7 Å². The number of nitrogens with one attached hydrogen (secondary N) is 1. The number of methoxy groups -OCH3 is 1. The largest absolute Gasteiger partial charge is 0.497 e. The van der Waals surface area contributed by atoms with Crippen LogP contribution in [0.2, 0.25) is 0 Å². The van der Waals surface area contributed by atoms with E-state index in [4.69, 9.17) is 9.15 Å². The summed E-state index contributed by atoms with van der Waals surface area (Å²) in [5.41, 5.74) is 1.23. The Bertz CT molecular complexity index is 706. The number of aryl methyl sites for hydroxylation is 1. The number of carbonyl (C=O) groups is 1. The minimum atomic E-state index is -0.139. The number of aliphatic hydroxyl groups is 1. The van der Waals surface area contributed by atoms with Crippen molar-refractivity contribution in [3.8, 4) is 5.75 Å². The van der Waals surface area contributed by atoms with Gasteiger partial charge in [-0.1, -0.05) is 12.8 Å². The van der Waals surface area contributed by atoms with Crippen LogP contribution in [-0.4, -0.2) is 30.8 Å². The van der Waals surface area contributed by atoms with E-state index in [0.717, 1.165) is 31.1 Å². The summed E-state index contributed by atoms with van der Waals surface area (Å²) in [5.74, 6) is 1.29. The van der Waals surface area contributed by atoms with Crippen LogP contribution in [0.5, 0.6) is 5.75 Å². The molecule has 2 N–H and O–H groups in total. The van der Waals surface area contributed by atoms with Crippen molar-refractivity contribution >= 4 is 16.9 Å². The molecule has 2 unspecified atom stereocenters. The van der Waals surface area contributed by atoms with Gasteiger partial charge in [-0.15, -0.1) is 0 Å². The molecule has 2 atom stereocenters. The molecule has 0 aliphatic heterocycles. The van der Waals surface area contributed by atoms with Gasteiger partial charge in [0.1, 0.15) is 17.1 Å². The zero-order valence-corrected chi connectivity index (χ0v) is 13.6. The summed E-state index contributed by atoms with van der Waals surface area (Å²) >= 11 is 0. The first kappa shape index (κ1) is 15.9. The molecule has 3 rings (SSSR count). The molecule has 1 heterocycles. The second kappa shape index (κ2) is 6.62. The SMILES string of the molecule is COc1ccc2oc(C)c(C(=O)NC3CCCCC3CO)c2c1. The number of furan rings is 1. The van der Waals surface area contributed by atoms with Gasteiger partial charge in [0.2, 0.25) is 0 Å². The molecule has 0 saturated heterocycles. The van der Waals surface area contributed by atoms with Gasteiger partial charge < -0.3 is 19.6 Å². The van der Waals surface area contributed by atoms with Gasteiger partial charge in [0.15, 0.2) is 0 Å². The average molecular weight is 317 g/mol. The first-order chi connectivity index (χ1) is 11.1. The summed E-state index contributed by atoms with van der Waals surface area (Å²) < 4.78 is 10.9. The van der Waals surface area contributed by atoms with Gasteiger partial charge in [-0.3, -0.25) is 4.79 Å². The summed E-state index contributed by atoms with van der Waals surface area (Å²) in [6.45, 7) is 1.91. The second-order valence-corrected chi connectivity index (χ2v) is 6.20. The smallest absolute Gasteiger partial charge is 0.255 e. The van der Waals surface area contributed by atoms with Gasteiger partial charge in [-0.25, -0.2) is 0 Å². The molecular formula is C18H23NO4. The summed E-state index contributed by atoms with van der Waals surface area (Å²) in [6, 6.07) is 5.48. The Kier molecular flexibility index (Phi) is 4.57. The molecule has 0 spiro atoms. The third-order valence-electron chi connectivity index (χ3n) is 4.76. The lowest BCUT2D eigenvalue weighted by Crippen LogP contribution is -2.43. The fourth-order valence-electron chi connectivity index (χ4n) is 3.47. The maximum Gasteiger partial charge on any atom is 0.255 e. The number of aliphatic hydroxyl groups excluding tert-OH is 1. The third kappa shape index (κ3) is 3.06. The lowest BCUT2D eigenvalue weighted by Gasteiger charge is -2.30. The molecule has 5 nitrogen and oxygen atoms in total. The number of benzene rings is 1. The third-order valence-corrected chi connectivity index (χ3v) is 4.76. The molecule has 1 amide bonds. The maximum atomic E-state index is 12.8. The summed E-state index contributed by atoms with van der Waals surface area (Å²) in [5, 5.41) is 13.4. The fraction of sp³-hybridized carbons (Fsp3) is 0.500. The molecule has 1 aromatic heterocycles. The molecule has 1 saturated carbocycles. The van der Waals surface area contributed by atoms with E-state index in [9.17, 15) is 9.90 Å². The van der Waals surface area contributed by atoms with Gasteiger partial charge >= 0.3 is 0 Å². The highest BCUT2D eigenvalue weighted by Gasteiger charge is 2.28. The Morgan fingerprint density at radius 2 is 2.17 bits per heavy atom. The van der Waals surface area contributed by atoms with Crippen molar-refractivity contribution in [2.45, 2.75) is 38.6 Å². The van der Waals surface area contributed by atoms with Gasteiger partial charge in [0.05, 0.1) is 12.7 Å². The van der Waals surface area contributed by atoms with Crippen LogP contribution in [0.25, 0.3) is 11.0 Å². The number of hydrogen-bond acceptors (Lipinski definition) is 4. The average Bonchev–Trinajstić information content (AvgIpc) is 2.90. The first-order valence-electron chi connectivity index (χ1n) is 8.13. The molecular weight excluding hydrogens is 294 g/mol. The minimum Gasteiger partial charge on any atom is -0.497 e. The second-order valence-electron chi connectivity index (χ2n) is 6.20. The molecule has 5 heteroatoms. The normalized spacial score (nSPS) is 21.3. The fourth-order valence-corrected chi connectivity index (χ4v) is 3.47. The predicted octanol–water partition coefficient (Wildman–Crippen LogP) is 3.03. The Morgan fingerprint density at radius 3 is 2.91 bits per heavy atom. The van der Waals surface area contributed by atoms with E-state index in [-0.39, 0.29) is 24.5 Å². The number of rotatable bonds is 4. The monoisotopic (exact) mass is 317 g/mol. The van der Waals surface area contributed by atoms with Crippen LogP contribution >= 0.6 is 0 Å². The van der Waals surface area contributed by atoms with Crippen LogP contribution < -0.4 is 10.1 Å². The number of carbonyl (C=O) groups excluding carboxylic acids is 1. The molecule has 1 aliphatic carbocycles. The molecule has 23 heavy (non-hydrogen) atoms. The van der Waals surface area contributed by atoms with E-state index < -0.39 is 0 Å². The Labute approximate surface area is 135 Å². The van der Waals surface area contributed by atoms with E-state index in [1.807, 2.05) is 18.2 Å². The van der Waals surface area contributed by atoms with Gasteiger partial charge in [-0.05, 0) is 38.0 Å². The van der Waals surface area contributed by atoms with Crippen molar-refractivity contribution in [2.24, 2.45) is 5.92 Å². The Morgan fingerprint density at radius 1 is 1.39 bits per heavy atom. The predicted molar refractivity (Wildman–Crippen MR) is 87.8 cm³/mol. The van der Waals surface area contributed by atoms with Gasteiger partial charge in [-0.2, -0.15) is 0 Å². The highest BCUT2D eigenvalue weighted by Crippen LogP contribution is 2.30. The van der Waals surface area contributed by atoms with Crippen LogP contribution in [0.1, 0.15) is 41.8 Å². The van der Waals surface area contributed by atoms with E-state index in [1.54, 1.807) is 14.0 Å². The number of hydrogen-bond donors (Lipinski definition) is 2. The lowest BCUT2D eigenvalue weighted by atomic mass is 9.85. The van der Waals surface area contributed by atoms with Crippen LogP contribution in [0.3, 0.4) is 0 Å². The first-order valence-corrected chi connectivity index (χ1v) is 8.13. The summed E-state index contributed by atoms with van der Waals surface area (Å²) in [6.07, 6.45) is 4.07. The van der Waals surface area contributed by atoms with Gasteiger partial charge in [0.25, 0.3) is 5.91 Å². The Hall–Kier alpha value is -2.01. The molecule has 124 valence electrons. The van der Waals surface area contributed by atoms with Crippen LogP contribution in [0.4, 0.5) is 0 Å². The Balaban J connectivity index is 1.89. The van der Waals surface area contributed by atoms with E-state index in [2.05, 4.69) is 5.32 Å². The van der Waals surface area contributed by atoms with Crippen LogP contribution in [-0.2, 0) is 0 Å². The summed E-state index contributed by atoms with van der Waals surface area (Å²) in [7, 11) is 1.60. The van der Waals surface area contributed by atoms with Crippen molar-refractivity contribution in [1.29, 1.82) is 0 Å². The number of fused-ring (bicyclic) bond motifs is 1. The lowest BCUT2D eigenvalue weighted by molar-refractivity contribution is 0.0872. The van der Waals surface area contributed by atoms with E-state index in [1.165, 1.54) is 0 Å². The van der Waals surface area contributed by atoms with Crippen LogP contribution in [0.15, 0.2) is 22.6 Å². The maximum absolute atomic E-state index is 12.8. The van der Waals surface area contributed by atoms with Crippen molar-refractivity contribution in [1.82, 2.24) is 5.32 Å². The van der Waals surface area contributed by atoms with Crippen molar-refractivity contribution < 1.29 is 19.1 Å². The highest BCUT2D eigenvalue weighted by molar-refractivity contribution is 6.07. The molecule has 1 fully saturated rings. The van der Waals surface area contributed by atoms with Crippen molar-refractivity contribution in [3.63, 3.8) is 0 Å². The quantitative estimate of drug-likeness (QED) is 0.909. The zero-order chi connectivity index (χ0) is 16.4. The number of amides is 1. The van der Waals surface area contributed by atoms with Gasteiger partial charge in [0, 0.05) is 24.0 Å². The molecule has 0 bridgehead atoms. The number of ether oxygens (including phenoxy) is 1. The molecule has 1 aromatic carbocycles.